The van der Waals surface area contributed by atoms with Crippen LogP contribution >= 0.6 is 7.82 Å². The molecule has 13 heavy (non-hydrogen) atoms. The van der Waals surface area contributed by atoms with Crippen LogP contribution in [-0.4, -0.2) is 24.3 Å². The molecule has 0 aliphatic carbocycles. The fraction of sp³-hybridized carbons (Fsp3) is 0.833. The van der Waals surface area contributed by atoms with E-state index in [0.29, 0.717) is 0 Å². The first-order valence-corrected chi connectivity index (χ1v) is 5.17. The van der Waals surface area contributed by atoms with Crippen LogP contribution in [-0.2, 0) is 23.1 Å². The third-order valence-electron chi connectivity index (χ3n) is 1.10. The lowest BCUT2D eigenvalue weighted by Gasteiger charge is -2.15. The lowest BCUT2D eigenvalue weighted by molar-refractivity contribution is -0.162. The molecule has 0 saturated carbocycles. The summed E-state index contributed by atoms with van der Waals surface area (Å²) in [5.41, 5.74) is 0. The monoisotopic (exact) mass is 212 g/mol. The number of carbonyl (C=O) groups is 1. The van der Waals surface area contributed by atoms with Gasteiger partial charge in [-0.25, -0.2) is 9.09 Å². The minimum absolute atomic E-state index is 0.177. The molecule has 6 nitrogen and oxygen atoms in total. The Morgan fingerprint density at radius 1 is 1.62 bits per heavy atom. The van der Waals surface area contributed by atoms with Crippen molar-refractivity contribution in [2.75, 3.05) is 7.11 Å². The number of hydrogen-bond acceptors (Lipinski definition) is 5. The van der Waals surface area contributed by atoms with Gasteiger partial charge >= 0.3 is 13.8 Å². The minimum Gasteiger partial charge on any atom is -0.435 e. The second-order valence-electron chi connectivity index (χ2n) is 2.17. The van der Waals surface area contributed by atoms with E-state index in [1.807, 2.05) is 0 Å². The topological polar surface area (TPSA) is 82.1 Å². The third-order valence-corrected chi connectivity index (χ3v) is 2.12. The van der Waals surface area contributed by atoms with Gasteiger partial charge in [0.2, 0.25) is 6.29 Å². The van der Waals surface area contributed by atoms with Crippen molar-refractivity contribution in [2.45, 2.75) is 26.6 Å². The average Bonchev–Trinajstić information content (AvgIpc) is 2.03. The maximum atomic E-state index is 10.8. The zero-order chi connectivity index (χ0) is 10.5. The van der Waals surface area contributed by atoms with Crippen molar-refractivity contribution in [1.29, 1.82) is 0 Å². The molecule has 0 aliphatic rings. The van der Waals surface area contributed by atoms with E-state index in [0.717, 1.165) is 7.11 Å². The predicted octanol–water partition coefficient (Wildman–Crippen LogP) is 1.05. The number of carbonyl (C=O) groups excluding carboxylic acids is 1. The lowest BCUT2D eigenvalue weighted by atomic mass is 10.5. The Morgan fingerprint density at radius 2 is 2.15 bits per heavy atom. The molecule has 7 heteroatoms. The number of phosphoric ester groups is 1. The highest BCUT2D eigenvalue weighted by Gasteiger charge is 2.24. The largest absolute Gasteiger partial charge is 0.475 e. The highest BCUT2D eigenvalue weighted by atomic mass is 31.2. The van der Waals surface area contributed by atoms with E-state index < -0.39 is 20.1 Å². The molecule has 0 aliphatic heterocycles. The molecule has 0 heterocycles. The first-order chi connectivity index (χ1) is 5.91. The SMILES string of the molecule is CCC(=O)OC(C)OP(=O)(O)OC. The Bertz CT molecular complexity index is 215. The lowest BCUT2D eigenvalue weighted by Crippen LogP contribution is -2.16. The second kappa shape index (κ2) is 5.34. The van der Waals surface area contributed by atoms with Crippen LogP contribution in [0.3, 0.4) is 0 Å². The molecule has 0 radical (unpaired) electrons. The van der Waals surface area contributed by atoms with Gasteiger partial charge in [-0.05, 0) is 6.92 Å². The van der Waals surface area contributed by atoms with Crippen molar-refractivity contribution >= 4 is 13.8 Å². The van der Waals surface area contributed by atoms with Gasteiger partial charge in [0.1, 0.15) is 0 Å². The summed E-state index contributed by atoms with van der Waals surface area (Å²) in [4.78, 5) is 19.5. The maximum Gasteiger partial charge on any atom is 0.475 e. The highest BCUT2D eigenvalue weighted by Crippen LogP contribution is 2.43. The first kappa shape index (κ1) is 12.6. The van der Waals surface area contributed by atoms with Crippen molar-refractivity contribution in [3.8, 4) is 0 Å². The summed E-state index contributed by atoms with van der Waals surface area (Å²) in [5, 5.41) is 0. The molecule has 0 rings (SSSR count). The molecular formula is C6H13O6P. The molecule has 0 fully saturated rings. The second-order valence-corrected chi connectivity index (χ2v) is 3.68. The van der Waals surface area contributed by atoms with Gasteiger partial charge in [0.05, 0.1) is 0 Å². The van der Waals surface area contributed by atoms with Crippen LogP contribution < -0.4 is 0 Å². The molecule has 78 valence electrons. The quantitative estimate of drug-likeness (QED) is 0.416. The van der Waals surface area contributed by atoms with Crippen molar-refractivity contribution in [2.24, 2.45) is 0 Å². The van der Waals surface area contributed by atoms with Crippen LogP contribution in [0.2, 0.25) is 0 Å². The Balaban J connectivity index is 3.94. The molecule has 0 aromatic rings. The van der Waals surface area contributed by atoms with E-state index in [4.69, 9.17) is 4.89 Å². The highest BCUT2D eigenvalue weighted by molar-refractivity contribution is 7.47. The first-order valence-electron chi connectivity index (χ1n) is 3.67. The van der Waals surface area contributed by atoms with Gasteiger partial charge in [-0.3, -0.25) is 9.32 Å². The number of hydrogen-bond donors (Lipinski definition) is 1. The maximum absolute atomic E-state index is 10.8. The van der Waals surface area contributed by atoms with E-state index in [1.54, 1.807) is 6.92 Å². The van der Waals surface area contributed by atoms with Gasteiger partial charge in [0.25, 0.3) is 0 Å². The molecule has 0 amide bonds. The third kappa shape index (κ3) is 5.76. The van der Waals surface area contributed by atoms with Crippen LogP contribution in [0.4, 0.5) is 0 Å². The summed E-state index contributed by atoms with van der Waals surface area (Å²) < 4.78 is 23.9. The fourth-order valence-corrected chi connectivity index (χ4v) is 1.02. The minimum atomic E-state index is -4.07. The average molecular weight is 212 g/mol. The number of esters is 1. The van der Waals surface area contributed by atoms with E-state index in [2.05, 4.69) is 13.8 Å². The summed E-state index contributed by atoms with van der Waals surface area (Å²) in [6.07, 6.45) is -0.917. The van der Waals surface area contributed by atoms with Gasteiger partial charge in [-0.1, -0.05) is 6.92 Å². The van der Waals surface area contributed by atoms with Gasteiger partial charge in [-0.2, -0.15) is 0 Å². The number of rotatable bonds is 5. The van der Waals surface area contributed by atoms with Gasteiger partial charge < -0.3 is 9.63 Å². The Kier molecular flexibility index (Phi) is 5.17. The molecule has 0 aromatic carbocycles. The van der Waals surface area contributed by atoms with Crippen molar-refractivity contribution in [3.05, 3.63) is 0 Å². The van der Waals surface area contributed by atoms with Gasteiger partial charge in [0.15, 0.2) is 0 Å². The van der Waals surface area contributed by atoms with Crippen LogP contribution in [0.1, 0.15) is 20.3 Å². The van der Waals surface area contributed by atoms with Crippen molar-refractivity contribution < 1.29 is 28.0 Å². The normalized spacial score (nSPS) is 17.5. The molecular weight excluding hydrogens is 199 g/mol. The summed E-state index contributed by atoms with van der Waals surface area (Å²) in [5.74, 6) is -0.511. The van der Waals surface area contributed by atoms with Gasteiger partial charge in [0, 0.05) is 13.5 Å². The molecule has 2 unspecified atom stereocenters. The van der Waals surface area contributed by atoms with E-state index in [9.17, 15) is 9.36 Å². The molecule has 0 bridgehead atoms. The molecule has 0 aromatic heterocycles. The summed E-state index contributed by atoms with van der Waals surface area (Å²) >= 11 is 0. The van der Waals surface area contributed by atoms with Crippen LogP contribution in [0.25, 0.3) is 0 Å². The molecule has 1 N–H and O–H groups in total. The summed E-state index contributed by atoms with van der Waals surface area (Å²) in [6, 6.07) is 0. The zero-order valence-corrected chi connectivity index (χ0v) is 8.61. The molecule has 0 spiro atoms. The smallest absolute Gasteiger partial charge is 0.435 e. The molecule has 0 saturated heterocycles. The van der Waals surface area contributed by atoms with Crippen molar-refractivity contribution in [1.82, 2.24) is 0 Å². The summed E-state index contributed by atoms with van der Waals surface area (Å²) in [7, 11) is -3.05. The van der Waals surface area contributed by atoms with E-state index in [1.165, 1.54) is 6.92 Å². The molecule has 2 atom stereocenters. The van der Waals surface area contributed by atoms with Crippen LogP contribution in [0.5, 0.6) is 0 Å². The number of phosphoric acid groups is 1. The Hall–Kier alpha value is -0.420. The zero-order valence-electron chi connectivity index (χ0n) is 7.72. The Morgan fingerprint density at radius 3 is 2.54 bits per heavy atom. The van der Waals surface area contributed by atoms with Crippen LogP contribution in [0.15, 0.2) is 0 Å². The Labute approximate surface area is 76.4 Å². The standard InChI is InChI=1S/C6H13O6P/c1-4-6(7)11-5(2)12-13(8,9)10-3/h5H,4H2,1-3H3,(H,8,9). The van der Waals surface area contributed by atoms with E-state index in [-0.39, 0.29) is 6.42 Å². The van der Waals surface area contributed by atoms with Gasteiger partial charge in [-0.15, -0.1) is 0 Å². The van der Waals surface area contributed by atoms with Crippen LogP contribution in [0, 0.1) is 0 Å². The summed E-state index contributed by atoms with van der Waals surface area (Å²) in [6.45, 7) is 2.93. The number of ether oxygens (including phenoxy) is 1. The predicted molar refractivity (Wildman–Crippen MR) is 43.8 cm³/mol. The fourth-order valence-electron chi connectivity index (χ4n) is 0.521. The van der Waals surface area contributed by atoms with Crippen molar-refractivity contribution in [3.63, 3.8) is 0 Å². The van der Waals surface area contributed by atoms with E-state index >= 15 is 0 Å².